The number of fused-ring (bicyclic) bond motifs is 1. The molecule has 0 saturated heterocycles. The summed E-state index contributed by atoms with van der Waals surface area (Å²) in [7, 11) is 1.67. The zero-order chi connectivity index (χ0) is 10.3. The van der Waals surface area contributed by atoms with Gasteiger partial charge >= 0.3 is 5.97 Å². The van der Waals surface area contributed by atoms with Crippen molar-refractivity contribution in [3.8, 4) is 0 Å². The van der Waals surface area contributed by atoms with Crippen LogP contribution in [-0.4, -0.2) is 20.9 Å². The van der Waals surface area contributed by atoms with E-state index in [1.165, 1.54) is 4.68 Å². The van der Waals surface area contributed by atoms with Crippen molar-refractivity contribution in [3.05, 3.63) is 28.9 Å². The normalized spacial score (nSPS) is 10.7. The molecule has 0 aliphatic rings. The molecule has 5 heteroatoms. The van der Waals surface area contributed by atoms with Gasteiger partial charge in [0.05, 0.1) is 10.5 Å². The molecule has 1 N–H and O–H groups in total. The van der Waals surface area contributed by atoms with Gasteiger partial charge in [-0.1, -0.05) is 23.7 Å². The van der Waals surface area contributed by atoms with E-state index in [0.717, 1.165) is 0 Å². The Morgan fingerprint density at radius 1 is 1.57 bits per heavy atom. The third-order valence-corrected chi connectivity index (χ3v) is 2.32. The highest BCUT2D eigenvalue weighted by molar-refractivity contribution is 6.35. The molecule has 2 rings (SSSR count). The number of rotatable bonds is 1. The summed E-state index contributed by atoms with van der Waals surface area (Å²) >= 11 is 5.93. The minimum atomic E-state index is -1.04. The van der Waals surface area contributed by atoms with Gasteiger partial charge in [-0.25, -0.2) is 4.79 Å². The van der Waals surface area contributed by atoms with E-state index in [1.807, 2.05) is 0 Å². The Morgan fingerprint density at radius 2 is 2.29 bits per heavy atom. The maximum Gasteiger partial charge on any atom is 0.357 e. The van der Waals surface area contributed by atoms with Crippen molar-refractivity contribution in [1.29, 1.82) is 0 Å². The van der Waals surface area contributed by atoms with Gasteiger partial charge in [-0.3, -0.25) is 4.68 Å². The monoisotopic (exact) mass is 210 g/mol. The van der Waals surface area contributed by atoms with Crippen LogP contribution in [0.4, 0.5) is 0 Å². The average Bonchev–Trinajstić information content (AvgIpc) is 2.45. The molecule has 1 aromatic heterocycles. The van der Waals surface area contributed by atoms with Gasteiger partial charge in [0.25, 0.3) is 0 Å². The van der Waals surface area contributed by atoms with E-state index >= 15 is 0 Å². The zero-order valence-electron chi connectivity index (χ0n) is 7.36. The second-order valence-electron chi connectivity index (χ2n) is 2.91. The lowest BCUT2D eigenvalue weighted by Gasteiger charge is -1.95. The molecule has 0 amide bonds. The van der Waals surface area contributed by atoms with Gasteiger partial charge in [0, 0.05) is 12.4 Å². The summed E-state index contributed by atoms with van der Waals surface area (Å²) in [5.74, 6) is -1.04. The second-order valence-corrected chi connectivity index (χ2v) is 3.32. The number of halogens is 1. The first-order valence-corrected chi connectivity index (χ1v) is 4.33. The molecule has 0 radical (unpaired) electrons. The Hall–Kier alpha value is -1.55. The number of carboxylic acids is 1. The molecular weight excluding hydrogens is 204 g/mol. The van der Waals surface area contributed by atoms with Crippen LogP contribution >= 0.6 is 11.6 Å². The first-order valence-electron chi connectivity index (χ1n) is 3.96. The zero-order valence-corrected chi connectivity index (χ0v) is 8.12. The number of benzene rings is 1. The molecule has 0 aliphatic carbocycles. The van der Waals surface area contributed by atoms with Crippen LogP contribution in [0.5, 0.6) is 0 Å². The number of hydrogen-bond acceptors (Lipinski definition) is 2. The smallest absolute Gasteiger partial charge is 0.357 e. The van der Waals surface area contributed by atoms with E-state index in [2.05, 4.69) is 5.10 Å². The molecule has 0 saturated carbocycles. The highest BCUT2D eigenvalue weighted by atomic mass is 35.5. The number of carbonyl (C=O) groups is 1. The Bertz CT molecular complexity index is 519. The van der Waals surface area contributed by atoms with Crippen molar-refractivity contribution in [2.24, 2.45) is 7.05 Å². The quantitative estimate of drug-likeness (QED) is 0.783. The van der Waals surface area contributed by atoms with Crippen molar-refractivity contribution in [1.82, 2.24) is 9.78 Å². The summed E-state index contributed by atoms with van der Waals surface area (Å²) in [6.45, 7) is 0. The molecule has 2 aromatic rings. The van der Waals surface area contributed by atoms with E-state index in [-0.39, 0.29) is 5.69 Å². The summed E-state index contributed by atoms with van der Waals surface area (Å²) in [6, 6.07) is 5.10. The van der Waals surface area contributed by atoms with E-state index in [0.29, 0.717) is 15.9 Å². The lowest BCUT2D eigenvalue weighted by molar-refractivity contribution is 0.0691. The number of nitrogens with zero attached hydrogens (tertiary/aromatic N) is 2. The van der Waals surface area contributed by atoms with Crippen molar-refractivity contribution in [2.75, 3.05) is 0 Å². The summed E-state index contributed by atoms with van der Waals surface area (Å²) in [6.07, 6.45) is 0. The average molecular weight is 211 g/mol. The molecule has 72 valence electrons. The fourth-order valence-corrected chi connectivity index (χ4v) is 1.74. The third-order valence-electron chi connectivity index (χ3n) is 2.02. The van der Waals surface area contributed by atoms with Gasteiger partial charge in [0.1, 0.15) is 0 Å². The highest BCUT2D eigenvalue weighted by Crippen LogP contribution is 2.25. The lowest BCUT2D eigenvalue weighted by Crippen LogP contribution is -1.99. The number of aryl methyl sites for hydroxylation is 1. The third kappa shape index (κ3) is 1.15. The van der Waals surface area contributed by atoms with Crippen molar-refractivity contribution in [3.63, 3.8) is 0 Å². The molecular formula is C9H7ClN2O2. The van der Waals surface area contributed by atoms with Crippen molar-refractivity contribution < 1.29 is 9.90 Å². The first kappa shape index (κ1) is 9.02. The van der Waals surface area contributed by atoms with Crippen LogP contribution < -0.4 is 0 Å². The number of aromatic carboxylic acids is 1. The summed E-state index contributed by atoms with van der Waals surface area (Å²) in [5.41, 5.74) is 0.677. The van der Waals surface area contributed by atoms with Gasteiger partial charge in [-0.15, -0.1) is 0 Å². The minimum absolute atomic E-state index is 0.0324. The van der Waals surface area contributed by atoms with Crippen LogP contribution in [0.1, 0.15) is 10.5 Å². The molecule has 0 aliphatic heterocycles. The van der Waals surface area contributed by atoms with Crippen LogP contribution in [0.15, 0.2) is 18.2 Å². The fourth-order valence-electron chi connectivity index (χ4n) is 1.45. The van der Waals surface area contributed by atoms with Crippen LogP contribution in [-0.2, 0) is 7.05 Å². The molecule has 0 unspecified atom stereocenters. The summed E-state index contributed by atoms with van der Waals surface area (Å²) < 4.78 is 1.47. The fraction of sp³-hybridized carbons (Fsp3) is 0.111. The van der Waals surface area contributed by atoms with E-state index in [4.69, 9.17) is 16.7 Å². The van der Waals surface area contributed by atoms with E-state index in [9.17, 15) is 4.79 Å². The summed E-state index contributed by atoms with van der Waals surface area (Å²) in [5, 5.41) is 13.8. The largest absolute Gasteiger partial charge is 0.476 e. The molecule has 0 atom stereocenters. The topological polar surface area (TPSA) is 55.1 Å². The predicted molar refractivity (Wildman–Crippen MR) is 52.7 cm³/mol. The summed E-state index contributed by atoms with van der Waals surface area (Å²) in [4.78, 5) is 10.8. The molecule has 0 bridgehead atoms. The molecule has 14 heavy (non-hydrogen) atoms. The minimum Gasteiger partial charge on any atom is -0.476 e. The Morgan fingerprint density at radius 3 is 2.93 bits per heavy atom. The van der Waals surface area contributed by atoms with Crippen molar-refractivity contribution in [2.45, 2.75) is 0 Å². The van der Waals surface area contributed by atoms with Crippen LogP contribution in [0.3, 0.4) is 0 Å². The first-order chi connectivity index (χ1) is 6.61. The van der Waals surface area contributed by atoms with Gasteiger partial charge in [-0.05, 0) is 6.07 Å². The number of para-hydroxylation sites is 1. The maximum atomic E-state index is 10.8. The van der Waals surface area contributed by atoms with E-state index in [1.54, 1.807) is 25.2 Å². The predicted octanol–water partition coefficient (Wildman–Crippen LogP) is 1.92. The number of carboxylic acid groups (broad SMARTS) is 1. The lowest BCUT2D eigenvalue weighted by atomic mass is 10.2. The Balaban J connectivity index is 2.91. The molecule has 4 nitrogen and oxygen atoms in total. The van der Waals surface area contributed by atoms with E-state index < -0.39 is 5.97 Å². The van der Waals surface area contributed by atoms with Crippen LogP contribution in [0.25, 0.3) is 10.9 Å². The van der Waals surface area contributed by atoms with Gasteiger partial charge in [0.2, 0.25) is 0 Å². The molecule has 0 fully saturated rings. The molecule has 1 aromatic carbocycles. The Kier molecular flexibility index (Phi) is 1.93. The second kappa shape index (κ2) is 2.99. The van der Waals surface area contributed by atoms with Gasteiger partial charge in [-0.2, -0.15) is 5.10 Å². The SMILES string of the molecule is Cn1nc(C(=O)O)c2cccc(Cl)c21. The van der Waals surface area contributed by atoms with Crippen LogP contribution in [0, 0.1) is 0 Å². The molecule has 1 heterocycles. The van der Waals surface area contributed by atoms with Crippen molar-refractivity contribution >= 4 is 28.5 Å². The standard InChI is InChI=1S/C9H7ClN2O2/c1-12-8-5(3-2-4-6(8)10)7(11-12)9(13)14/h2-4H,1H3,(H,13,14). The number of hydrogen-bond donors (Lipinski definition) is 1. The maximum absolute atomic E-state index is 10.8. The molecule has 0 spiro atoms. The van der Waals surface area contributed by atoms with Gasteiger partial charge < -0.3 is 5.11 Å². The highest BCUT2D eigenvalue weighted by Gasteiger charge is 2.15. The van der Waals surface area contributed by atoms with Gasteiger partial charge in [0.15, 0.2) is 5.69 Å². The number of aromatic nitrogens is 2. The Labute approximate surface area is 84.7 Å². The van der Waals surface area contributed by atoms with Crippen LogP contribution in [0.2, 0.25) is 5.02 Å².